The van der Waals surface area contributed by atoms with Gasteiger partial charge in [0.05, 0.1) is 32.0 Å². The predicted molar refractivity (Wildman–Crippen MR) is 328 cm³/mol. The smallest absolute Gasteiger partial charge is 0.220 e. The fourth-order valence-electron chi connectivity index (χ4n) is 11.2. The van der Waals surface area contributed by atoms with Crippen LogP contribution in [0.4, 0.5) is 0 Å². The van der Waals surface area contributed by atoms with Crippen molar-refractivity contribution < 1.29 is 64.6 Å². The Hall–Kier alpha value is -1.79. The summed E-state index contributed by atoms with van der Waals surface area (Å²) in [4.78, 5) is 13.2. The predicted octanol–water partition coefficient (Wildman–Crippen LogP) is 13.0. The first kappa shape index (κ1) is 75.3. The minimum atomic E-state index is -1.79. The molecule has 12 unspecified atom stereocenters. The van der Waals surface area contributed by atoms with E-state index in [0.29, 0.717) is 12.8 Å². The minimum absolute atomic E-state index is 0.250. The van der Waals surface area contributed by atoms with Crippen molar-refractivity contribution in [3.8, 4) is 0 Å². The number of unbranched alkanes of at least 4 members (excludes halogenated alkanes) is 38. The number of rotatable bonds is 55. The van der Waals surface area contributed by atoms with Crippen LogP contribution in [-0.2, 0) is 23.7 Å². The second kappa shape index (κ2) is 52.5. The highest BCUT2D eigenvalue weighted by molar-refractivity contribution is 5.76. The minimum Gasteiger partial charge on any atom is -0.394 e. The summed E-state index contributed by atoms with van der Waals surface area (Å²) in [6.45, 7) is 2.72. The van der Waals surface area contributed by atoms with Crippen LogP contribution in [0.1, 0.15) is 290 Å². The summed E-state index contributed by atoms with van der Waals surface area (Å²) >= 11 is 0. The van der Waals surface area contributed by atoms with Crippen LogP contribution < -0.4 is 5.32 Å². The number of amides is 1. The van der Waals surface area contributed by atoms with Crippen molar-refractivity contribution in [2.75, 3.05) is 19.8 Å². The van der Waals surface area contributed by atoms with Gasteiger partial charge in [-0.15, -0.1) is 0 Å². The van der Waals surface area contributed by atoms with Crippen molar-refractivity contribution in [3.05, 3.63) is 36.5 Å². The number of aliphatic hydroxyl groups is 8. The Kier molecular flexibility index (Phi) is 48.8. The molecule has 476 valence electrons. The number of carbonyl (C=O) groups is 1. The van der Waals surface area contributed by atoms with Crippen LogP contribution in [0.2, 0.25) is 0 Å². The van der Waals surface area contributed by atoms with E-state index in [2.05, 4.69) is 43.5 Å². The molecule has 0 radical (unpaired) electrons. The SMILES string of the molecule is CCC/C=C/CC/C=C/CC/C=C/C(O)C(COC1OC(CO)C(OC2OC(CO)C(O)C(O)C2O)C(O)C1O)NC(=O)CCCCCCCCCCCCCCCCCCCCCCCCCCCCCCCCCCCCCC. The molecule has 14 nitrogen and oxygen atoms in total. The van der Waals surface area contributed by atoms with Gasteiger partial charge in [-0.25, -0.2) is 0 Å². The molecule has 2 saturated heterocycles. The molecule has 2 rings (SSSR count). The number of allylic oxidation sites excluding steroid dienone is 5. The van der Waals surface area contributed by atoms with Crippen molar-refractivity contribution in [1.82, 2.24) is 5.32 Å². The van der Waals surface area contributed by atoms with Gasteiger partial charge in [-0.3, -0.25) is 4.79 Å². The topological polar surface area (TPSA) is 228 Å². The first-order chi connectivity index (χ1) is 39.6. The van der Waals surface area contributed by atoms with E-state index in [1.165, 1.54) is 205 Å². The third kappa shape index (κ3) is 37.4. The summed E-state index contributed by atoms with van der Waals surface area (Å²) in [5, 5.41) is 87.0. The molecular formula is C67H125NO13. The van der Waals surface area contributed by atoms with Crippen molar-refractivity contribution in [2.45, 2.75) is 364 Å². The maximum Gasteiger partial charge on any atom is 0.220 e. The standard InChI is InChI=1S/C67H125NO13/c1-3-5-7-9-11-13-15-16-17-18-19-20-21-22-23-24-25-26-27-28-29-30-31-32-33-34-35-36-37-38-39-41-43-45-47-49-51-59(72)68-55(56(71)50-48-46-44-42-40-14-12-10-8-6-4-2)54-78-66-64(77)62(75)65(58(53-70)80-66)81-67-63(76)61(74)60(73)57(52-69)79-67/h8,10,40,42,48,50,55-58,60-67,69-71,73-77H,3-7,9,11-39,41,43-47,49,51-54H2,1-2H3,(H,68,72)/b10-8+,42-40+,50-48+. The molecule has 2 aliphatic heterocycles. The summed E-state index contributed by atoms with van der Waals surface area (Å²) in [6.07, 6.45) is 49.7. The average molecular weight is 1150 g/mol. The Morgan fingerprint density at radius 2 is 0.790 bits per heavy atom. The lowest BCUT2D eigenvalue weighted by molar-refractivity contribution is -0.359. The van der Waals surface area contributed by atoms with Crippen LogP contribution in [0.15, 0.2) is 36.5 Å². The van der Waals surface area contributed by atoms with Crippen molar-refractivity contribution in [2.24, 2.45) is 0 Å². The highest BCUT2D eigenvalue weighted by Crippen LogP contribution is 2.30. The van der Waals surface area contributed by atoms with E-state index in [9.17, 15) is 45.6 Å². The van der Waals surface area contributed by atoms with Crippen molar-refractivity contribution >= 4 is 5.91 Å². The molecule has 0 aromatic heterocycles. The molecule has 9 N–H and O–H groups in total. The molecule has 0 bridgehead atoms. The first-order valence-electron chi connectivity index (χ1n) is 33.7. The summed E-state index contributed by atoms with van der Waals surface area (Å²) in [5.74, 6) is -0.250. The van der Waals surface area contributed by atoms with Gasteiger partial charge in [-0.1, -0.05) is 281 Å². The molecule has 0 aromatic carbocycles. The number of nitrogens with one attached hydrogen (secondary N) is 1. The number of aliphatic hydroxyl groups excluding tert-OH is 8. The number of hydrogen-bond acceptors (Lipinski definition) is 13. The zero-order valence-corrected chi connectivity index (χ0v) is 51.5. The molecule has 0 spiro atoms. The largest absolute Gasteiger partial charge is 0.394 e. The highest BCUT2D eigenvalue weighted by atomic mass is 16.7. The Morgan fingerprint density at radius 3 is 1.19 bits per heavy atom. The van der Waals surface area contributed by atoms with E-state index in [1.807, 2.05) is 6.08 Å². The van der Waals surface area contributed by atoms with Gasteiger partial charge in [-0.2, -0.15) is 0 Å². The van der Waals surface area contributed by atoms with E-state index in [-0.39, 0.29) is 18.9 Å². The second-order valence-corrected chi connectivity index (χ2v) is 23.9. The van der Waals surface area contributed by atoms with Gasteiger partial charge in [0.25, 0.3) is 0 Å². The molecule has 0 aromatic rings. The van der Waals surface area contributed by atoms with Crippen LogP contribution in [0.25, 0.3) is 0 Å². The summed E-state index contributed by atoms with van der Waals surface area (Å²) in [7, 11) is 0. The fourth-order valence-corrected chi connectivity index (χ4v) is 11.2. The van der Waals surface area contributed by atoms with Crippen molar-refractivity contribution in [1.29, 1.82) is 0 Å². The van der Waals surface area contributed by atoms with E-state index >= 15 is 0 Å². The first-order valence-corrected chi connectivity index (χ1v) is 33.7. The quantitative estimate of drug-likeness (QED) is 0.0204. The number of hydrogen-bond donors (Lipinski definition) is 9. The van der Waals surface area contributed by atoms with Crippen LogP contribution in [0.3, 0.4) is 0 Å². The Balaban J connectivity index is 1.56. The lowest BCUT2D eigenvalue weighted by Gasteiger charge is -2.46. The molecule has 2 heterocycles. The third-order valence-corrected chi connectivity index (χ3v) is 16.5. The molecular weight excluding hydrogens is 1030 g/mol. The van der Waals surface area contributed by atoms with Gasteiger partial charge in [0, 0.05) is 6.42 Å². The molecule has 81 heavy (non-hydrogen) atoms. The van der Waals surface area contributed by atoms with E-state index in [1.54, 1.807) is 6.08 Å². The summed E-state index contributed by atoms with van der Waals surface area (Å²) < 4.78 is 22.7. The van der Waals surface area contributed by atoms with Crippen LogP contribution in [-0.4, -0.2) is 140 Å². The Bertz CT molecular complexity index is 1500. The monoisotopic (exact) mass is 1150 g/mol. The van der Waals surface area contributed by atoms with Crippen LogP contribution >= 0.6 is 0 Å². The Labute approximate surface area is 493 Å². The maximum atomic E-state index is 13.2. The Morgan fingerprint density at radius 1 is 0.432 bits per heavy atom. The molecule has 0 aliphatic carbocycles. The molecule has 2 aliphatic rings. The molecule has 0 saturated carbocycles. The highest BCUT2D eigenvalue weighted by Gasteiger charge is 2.51. The zero-order chi connectivity index (χ0) is 58.8. The maximum absolute atomic E-state index is 13.2. The number of ether oxygens (including phenoxy) is 4. The van der Waals surface area contributed by atoms with E-state index in [4.69, 9.17) is 18.9 Å². The van der Waals surface area contributed by atoms with Gasteiger partial charge < -0.3 is 65.1 Å². The fraction of sp³-hybridized carbons (Fsp3) is 0.896. The van der Waals surface area contributed by atoms with Gasteiger partial charge >= 0.3 is 0 Å². The van der Waals surface area contributed by atoms with Gasteiger partial charge in [-0.05, 0) is 38.5 Å². The van der Waals surface area contributed by atoms with Crippen LogP contribution in [0.5, 0.6) is 0 Å². The second-order valence-electron chi connectivity index (χ2n) is 23.9. The van der Waals surface area contributed by atoms with Gasteiger partial charge in [0.1, 0.15) is 48.8 Å². The molecule has 2 fully saturated rings. The lowest BCUT2D eigenvalue weighted by atomic mass is 9.97. The average Bonchev–Trinajstić information content (AvgIpc) is 3.54. The van der Waals surface area contributed by atoms with E-state index < -0.39 is 86.8 Å². The molecule has 1 amide bonds. The third-order valence-electron chi connectivity index (χ3n) is 16.5. The van der Waals surface area contributed by atoms with E-state index in [0.717, 1.165) is 51.4 Å². The van der Waals surface area contributed by atoms with Crippen molar-refractivity contribution in [3.63, 3.8) is 0 Å². The number of carbonyl (C=O) groups excluding carboxylic acids is 1. The lowest BCUT2D eigenvalue weighted by Crippen LogP contribution is -2.65. The van der Waals surface area contributed by atoms with Gasteiger partial charge in [0.2, 0.25) is 5.91 Å². The summed E-state index contributed by atoms with van der Waals surface area (Å²) in [5.41, 5.74) is 0. The van der Waals surface area contributed by atoms with Crippen LogP contribution in [0, 0.1) is 0 Å². The zero-order valence-electron chi connectivity index (χ0n) is 51.5. The molecule has 14 heteroatoms. The molecule has 12 atom stereocenters. The van der Waals surface area contributed by atoms with Gasteiger partial charge in [0.15, 0.2) is 12.6 Å². The summed E-state index contributed by atoms with van der Waals surface area (Å²) in [6, 6.07) is -0.935. The normalized spacial score (nSPS) is 24.3.